The quantitative estimate of drug-likeness (QED) is 0.661. The highest BCUT2D eigenvalue weighted by Gasteiger charge is 1.93. The Labute approximate surface area is 78.8 Å². The van der Waals surface area contributed by atoms with Crippen LogP contribution in [0.3, 0.4) is 0 Å². The monoisotopic (exact) mass is 180 g/mol. The number of aromatic nitrogens is 2. The molecule has 0 radical (unpaired) electrons. The third-order valence-electron chi connectivity index (χ3n) is 1.53. The molecule has 1 aromatic rings. The number of rotatable bonds is 5. The average molecular weight is 180 g/mol. The van der Waals surface area contributed by atoms with Gasteiger partial charge in [0, 0.05) is 31.5 Å². The zero-order valence-corrected chi connectivity index (χ0v) is 8.12. The maximum atomic E-state index is 4.05. The predicted octanol–water partition coefficient (Wildman–Crippen LogP) is 0.886. The third kappa shape index (κ3) is 4.42. The van der Waals surface area contributed by atoms with E-state index in [1.54, 1.807) is 18.5 Å². The number of hydrogen-bond donors (Lipinski definition) is 2. The Morgan fingerprint density at radius 1 is 1.23 bits per heavy atom. The molecule has 1 heterocycles. The summed E-state index contributed by atoms with van der Waals surface area (Å²) in [6, 6.07) is 2.33. The predicted molar refractivity (Wildman–Crippen MR) is 53.7 cm³/mol. The van der Waals surface area contributed by atoms with Crippen LogP contribution in [-0.2, 0) is 0 Å². The molecule has 1 rings (SSSR count). The fraction of sp³-hybridized carbons (Fsp3) is 0.556. The van der Waals surface area contributed by atoms with E-state index in [9.17, 15) is 0 Å². The Morgan fingerprint density at radius 3 is 2.54 bits per heavy atom. The normalized spacial score (nSPS) is 10.4. The summed E-state index contributed by atoms with van der Waals surface area (Å²) in [7, 11) is 0. The van der Waals surface area contributed by atoms with Gasteiger partial charge in [-0.3, -0.25) is 0 Å². The lowest BCUT2D eigenvalue weighted by Gasteiger charge is -2.08. The van der Waals surface area contributed by atoms with E-state index in [0.717, 1.165) is 13.1 Å². The highest BCUT2D eigenvalue weighted by molar-refractivity contribution is 5.21. The van der Waals surface area contributed by atoms with E-state index in [4.69, 9.17) is 0 Å². The van der Waals surface area contributed by atoms with E-state index in [1.807, 2.05) is 0 Å². The van der Waals surface area contributed by atoms with Crippen LogP contribution in [-0.4, -0.2) is 29.1 Å². The summed E-state index contributed by atoms with van der Waals surface area (Å²) in [6.07, 6.45) is 3.45. The van der Waals surface area contributed by atoms with Crippen molar-refractivity contribution in [2.24, 2.45) is 0 Å². The van der Waals surface area contributed by atoms with Crippen LogP contribution in [0.2, 0.25) is 0 Å². The van der Waals surface area contributed by atoms with Gasteiger partial charge >= 0.3 is 0 Å². The maximum absolute atomic E-state index is 4.05. The van der Waals surface area contributed by atoms with Crippen LogP contribution in [0, 0.1) is 0 Å². The van der Waals surface area contributed by atoms with Gasteiger partial charge in [-0.1, -0.05) is 13.8 Å². The second-order valence-electron chi connectivity index (χ2n) is 3.11. The van der Waals surface area contributed by atoms with Crippen LogP contribution >= 0.6 is 0 Å². The summed E-state index contributed by atoms with van der Waals surface area (Å²) in [6.45, 7) is 6.02. The Balaban J connectivity index is 2.13. The first-order chi connectivity index (χ1) is 6.29. The largest absolute Gasteiger partial charge is 0.353 e. The van der Waals surface area contributed by atoms with Gasteiger partial charge in [-0.05, 0) is 6.07 Å². The molecule has 0 saturated heterocycles. The highest BCUT2D eigenvalue weighted by atomic mass is 15.1. The Hall–Kier alpha value is -1.16. The minimum atomic E-state index is 0.526. The van der Waals surface area contributed by atoms with Crippen LogP contribution in [0.4, 0.5) is 5.95 Å². The van der Waals surface area contributed by atoms with Gasteiger partial charge in [0.15, 0.2) is 0 Å². The molecular weight excluding hydrogens is 164 g/mol. The first kappa shape index (κ1) is 9.92. The van der Waals surface area contributed by atoms with Crippen LogP contribution < -0.4 is 10.6 Å². The molecule has 0 aliphatic rings. The van der Waals surface area contributed by atoms with Gasteiger partial charge in [0.2, 0.25) is 5.95 Å². The molecule has 0 bridgehead atoms. The first-order valence-electron chi connectivity index (χ1n) is 4.53. The summed E-state index contributed by atoms with van der Waals surface area (Å²) >= 11 is 0. The molecule has 0 fully saturated rings. The van der Waals surface area contributed by atoms with Crippen molar-refractivity contribution in [2.75, 3.05) is 18.4 Å². The van der Waals surface area contributed by atoms with Crippen LogP contribution in [0.1, 0.15) is 13.8 Å². The van der Waals surface area contributed by atoms with Crippen molar-refractivity contribution in [2.45, 2.75) is 19.9 Å². The lowest BCUT2D eigenvalue weighted by molar-refractivity contribution is 0.601. The lowest BCUT2D eigenvalue weighted by Crippen LogP contribution is -2.28. The molecule has 1 aromatic heterocycles. The molecule has 72 valence electrons. The van der Waals surface area contributed by atoms with E-state index in [2.05, 4.69) is 34.4 Å². The zero-order chi connectivity index (χ0) is 9.52. The third-order valence-corrected chi connectivity index (χ3v) is 1.53. The lowest BCUT2D eigenvalue weighted by atomic mass is 10.4. The van der Waals surface area contributed by atoms with Crippen molar-refractivity contribution in [3.8, 4) is 0 Å². The second kappa shape index (κ2) is 5.48. The summed E-state index contributed by atoms with van der Waals surface area (Å²) in [5, 5.41) is 6.41. The number of nitrogens with zero attached hydrogens (tertiary/aromatic N) is 2. The Kier molecular flexibility index (Phi) is 4.18. The fourth-order valence-corrected chi connectivity index (χ4v) is 0.926. The SMILES string of the molecule is CC(C)NCCNc1ncccn1. The number of hydrogen-bond acceptors (Lipinski definition) is 4. The topological polar surface area (TPSA) is 49.8 Å². The molecule has 0 unspecified atom stereocenters. The smallest absolute Gasteiger partial charge is 0.222 e. The molecule has 0 aliphatic carbocycles. The van der Waals surface area contributed by atoms with E-state index in [-0.39, 0.29) is 0 Å². The Morgan fingerprint density at radius 2 is 1.92 bits per heavy atom. The molecule has 0 atom stereocenters. The van der Waals surface area contributed by atoms with Crippen LogP contribution in [0.25, 0.3) is 0 Å². The van der Waals surface area contributed by atoms with E-state index in [1.165, 1.54) is 0 Å². The molecule has 13 heavy (non-hydrogen) atoms. The molecule has 2 N–H and O–H groups in total. The van der Waals surface area contributed by atoms with Gasteiger partial charge in [0.05, 0.1) is 0 Å². The van der Waals surface area contributed by atoms with E-state index >= 15 is 0 Å². The van der Waals surface area contributed by atoms with Crippen molar-refractivity contribution >= 4 is 5.95 Å². The van der Waals surface area contributed by atoms with Crippen molar-refractivity contribution in [1.29, 1.82) is 0 Å². The van der Waals surface area contributed by atoms with E-state index in [0.29, 0.717) is 12.0 Å². The van der Waals surface area contributed by atoms with Gasteiger partial charge in [0.25, 0.3) is 0 Å². The molecule has 4 nitrogen and oxygen atoms in total. The molecule has 0 saturated carbocycles. The Bertz CT molecular complexity index is 222. The summed E-state index contributed by atoms with van der Waals surface area (Å²) in [5.74, 6) is 0.688. The number of nitrogens with one attached hydrogen (secondary N) is 2. The second-order valence-corrected chi connectivity index (χ2v) is 3.11. The van der Waals surface area contributed by atoms with Gasteiger partial charge < -0.3 is 10.6 Å². The summed E-state index contributed by atoms with van der Waals surface area (Å²) < 4.78 is 0. The first-order valence-corrected chi connectivity index (χ1v) is 4.53. The molecule has 0 amide bonds. The van der Waals surface area contributed by atoms with Gasteiger partial charge in [-0.2, -0.15) is 0 Å². The van der Waals surface area contributed by atoms with Crippen molar-refractivity contribution in [1.82, 2.24) is 15.3 Å². The average Bonchev–Trinajstić information content (AvgIpc) is 2.14. The van der Waals surface area contributed by atoms with Gasteiger partial charge in [0.1, 0.15) is 0 Å². The van der Waals surface area contributed by atoms with Gasteiger partial charge in [-0.25, -0.2) is 9.97 Å². The zero-order valence-electron chi connectivity index (χ0n) is 8.12. The molecule has 0 aromatic carbocycles. The standard InChI is InChI=1S/C9H16N4/c1-8(2)10-6-7-13-9-11-4-3-5-12-9/h3-5,8,10H,6-7H2,1-2H3,(H,11,12,13). The molecule has 0 spiro atoms. The van der Waals surface area contributed by atoms with Gasteiger partial charge in [-0.15, -0.1) is 0 Å². The van der Waals surface area contributed by atoms with Crippen molar-refractivity contribution in [3.63, 3.8) is 0 Å². The highest BCUT2D eigenvalue weighted by Crippen LogP contribution is 1.91. The summed E-state index contributed by atoms with van der Waals surface area (Å²) in [4.78, 5) is 8.09. The van der Waals surface area contributed by atoms with Crippen molar-refractivity contribution in [3.05, 3.63) is 18.5 Å². The van der Waals surface area contributed by atoms with Crippen LogP contribution in [0.15, 0.2) is 18.5 Å². The number of anilines is 1. The molecular formula is C9H16N4. The summed E-state index contributed by atoms with van der Waals surface area (Å²) in [5.41, 5.74) is 0. The van der Waals surface area contributed by atoms with E-state index < -0.39 is 0 Å². The molecule has 0 aliphatic heterocycles. The minimum absolute atomic E-state index is 0.526. The minimum Gasteiger partial charge on any atom is -0.353 e. The maximum Gasteiger partial charge on any atom is 0.222 e. The fourth-order valence-electron chi connectivity index (χ4n) is 0.926. The molecule has 4 heteroatoms. The van der Waals surface area contributed by atoms with Crippen LogP contribution in [0.5, 0.6) is 0 Å². The van der Waals surface area contributed by atoms with Crippen molar-refractivity contribution < 1.29 is 0 Å².